The summed E-state index contributed by atoms with van der Waals surface area (Å²) in [5.74, 6) is 0.217. The van der Waals surface area contributed by atoms with Gasteiger partial charge >= 0.3 is 13.1 Å². The first kappa shape index (κ1) is 28.0. The van der Waals surface area contributed by atoms with Crippen LogP contribution in [-0.4, -0.2) is 71.4 Å². The van der Waals surface area contributed by atoms with E-state index < -0.39 is 17.6 Å². The smallest absolute Gasteiger partial charge is 0.457 e. The lowest BCUT2D eigenvalue weighted by molar-refractivity contribution is -0.199. The zero-order valence-electron chi connectivity index (χ0n) is 20.6. The van der Waals surface area contributed by atoms with Crippen LogP contribution >= 0.6 is 24.8 Å². The Morgan fingerprint density at radius 3 is 2.59 bits per heavy atom. The van der Waals surface area contributed by atoms with Gasteiger partial charge < -0.3 is 25.0 Å². The number of piperidine rings is 1. The molecule has 8 nitrogen and oxygen atoms in total. The third kappa shape index (κ3) is 3.89. The van der Waals surface area contributed by atoms with Crippen molar-refractivity contribution in [3.05, 3.63) is 0 Å². The molecule has 3 aliphatic carbocycles. The molecule has 3 heterocycles. The number of carbonyl (C=O) groups is 2. The monoisotopic (exact) mass is 519 g/mol. The summed E-state index contributed by atoms with van der Waals surface area (Å²) < 4.78 is 12.9. The fourth-order valence-corrected chi connectivity index (χ4v) is 7.85. The Morgan fingerprint density at radius 2 is 1.97 bits per heavy atom. The van der Waals surface area contributed by atoms with Crippen LogP contribution in [0.25, 0.3) is 0 Å². The number of fused-ring (bicyclic) bond motifs is 2. The van der Waals surface area contributed by atoms with E-state index in [0.29, 0.717) is 30.8 Å². The van der Waals surface area contributed by atoms with Crippen molar-refractivity contribution in [1.82, 2.24) is 10.2 Å². The molecule has 6 rings (SSSR count). The molecule has 11 heteroatoms. The summed E-state index contributed by atoms with van der Waals surface area (Å²) in [5, 5.41) is 13.3. The Hall–Kier alpha value is -0.575. The van der Waals surface area contributed by atoms with Gasteiger partial charge in [0, 0.05) is 25.0 Å². The molecule has 0 aromatic heterocycles. The number of rotatable bonds is 6. The Balaban J connectivity index is 0.00000162. The van der Waals surface area contributed by atoms with Gasteiger partial charge in [0.05, 0.1) is 17.7 Å². The molecule has 3 saturated carbocycles. The lowest BCUT2D eigenvalue weighted by atomic mass is 9.43. The molecular formula is C23H40BCl2N3O5. The van der Waals surface area contributed by atoms with Gasteiger partial charge in [0.1, 0.15) is 5.54 Å². The maximum Gasteiger partial charge on any atom is 0.457 e. The van der Waals surface area contributed by atoms with Crippen molar-refractivity contribution in [1.29, 1.82) is 0 Å². The zero-order valence-corrected chi connectivity index (χ0v) is 22.3. The Labute approximate surface area is 215 Å². The van der Waals surface area contributed by atoms with Crippen molar-refractivity contribution in [2.75, 3.05) is 13.1 Å². The van der Waals surface area contributed by atoms with E-state index in [1.165, 1.54) is 6.42 Å². The maximum atomic E-state index is 12.6. The number of halogens is 2. The number of nitrogens with two attached hydrogens (primary N) is 1. The highest BCUT2D eigenvalue weighted by molar-refractivity contribution is 6.45. The van der Waals surface area contributed by atoms with Crippen molar-refractivity contribution < 1.29 is 24.0 Å². The van der Waals surface area contributed by atoms with Crippen LogP contribution in [0.1, 0.15) is 59.8 Å². The van der Waals surface area contributed by atoms with E-state index in [9.17, 15) is 14.7 Å². The van der Waals surface area contributed by atoms with Gasteiger partial charge in [0.25, 0.3) is 0 Å². The van der Waals surface area contributed by atoms with Gasteiger partial charge in [-0.3, -0.25) is 14.9 Å². The third-order valence-corrected chi connectivity index (χ3v) is 9.88. The normalized spacial score (nSPS) is 42.1. The number of carbonyl (C=O) groups excluding carboxylic acids is 1. The number of amides is 1. The molecule has 3 aliphatic heterocycles. The van der Waals surface area contributed by atoms with E-state index in [0.717, 1.165) is 31.5 Å². The molecule has 0 radical (unpaired) electrons. The van der Waals surface area contributed by atoms with Crippen LogP contribution in [0.2, 0.25) is 6.32 Å². The number of carboxylic acid groups (broad SMARTS) is 1. The minimum absolute atomic E-state index is 0. The van der Waals surface area contributed by atoms with Crippen LogP contribution < -0.4 is 11.1 Å². The van der Waals surface area contributed by atoms with E-state index in [-0.39, 0.29) is 61.5 Å². The first-order chi connectivity index (χ1) is 15.0. The van der Waals surface area contributed by atoms with E-state index in [1.54, 1.807) is 6.92 Å². The minimum atomic E-state index is -0.956. The molecule has 6 aliphatic rings. The lowest BCUT2D eigenvalue weighted by Gasteiger charge is -2.64. The summed E-state index contributed by atoms with van der Waals surface area (Å²) in [4.78, 5) is 26.7. The molecule has 6 fully saturated rings. The number of likely N-dealkylation sites (tertiary alicyclic amines) is 1. The molecule has 1 amide bonds. The van der Waals surface area contributed by atoms with Crippen LogP contribution in [0, 0.1) is 23.2 Å². The van der Waals surface area contributed by atoms with Gasteiger partial charge in [-0.2, -0.15) is 0 Å². The summed E-state index contributed by atoms with van der Waals surface area (Å²) in [6.07, 6.45) is 5.16. The molecule has 8 atom stereocenters. The molecule has 194 valence electrons. The molecule has 3 saturated heterocycles. The molecule has 34 heavy (non-hydrogen) atoms. The Bertz CT molecular complexity index is 819. The van der Waals surface area contributed by atoms with Crippen LogP contribution in [0.3, 0.4) is 0 Å². The standard InChI is InChI=1S/C23H38BN3O5.2ClH/c1-13(25)19(28)27-9-7-23(20(29)30)15(16(27)12-26-23)6-5-8-24-31-18-11-14-10-17(21(14,2)3)22(18,4)32-24;;/h13-18,26H,5-12,25H2,1-4H3,(H,29,30);2*1H/t13?,14-,15?,16?,17-,18+,22-,23+;;/m0../s1. The second kappa shape index (κ2) is 9.38. The van der Waals surface area contributed by atoms with Crippen molar-refractivity contribution in [2.24, 2.45) is 28.9 Å². The summed E-state index contributed by atoms with van der Waals surface area (Å²) in [6.45, 7) is 9.58. The van der Waals surface area contributed by atoms with Gasteiger partial charge in [0.15, 0.2) is 0 Å². The molecule has 4 N–H and O–H groups in total. The van der Waals surface area contributed by atoms with Gasteiger partial charge in [-0.1, -0.05) is 20.3 Å². The second-order valence-electron chi connectivity index (χ2n) is 11.7. The summed E-state index contributed by atoms with van der Waals surface area (Å²) >= 11 is 0. The number of hydrogen-bond donors (Lipinski definition) is 3. The van der Waals surface area contributed by atoms with Gasteiger partial charge in [0.2, 0.25) is 5.91 Å². The summed E-state index contributed by atoms with van der Waals surface area (Å²) in [5.41, 5.74) is 5.01. The number of nitrogens with zero attached hydrogens (tertiary/aromatic N) is 1. The SMILES string of the molecule is CC(N)C(=O)N1CC[C@@]2(C(=O)O)NCC1C2CCCB1O[C@@H]2C[C@@H]3C[C@@H](C3(C)C)[C@]2(C)O1.Cl.Cl. The average molecular weight is 520 g/mol. The van der Waals surface area contributed by atoms with Crippen molar-refractivity contribution in [3.63, 3.8) is 0 Å². The molecule has 0 aromatic carbocycles. The highest BCUT2D eigenvalue weighted by Crippen LogP contribution is 2.65. The highest BCUT2D eigenvalue weighted by Gasteiger charge is 2.67. The Morgan fingerprint density at radius 1 is 1.26 bits per heavy atom. The minimum Gasteiger partial charge on any atom is -0.480 e. The predicted molar refractivity (Wildman–Crippen MR) is 134 cm³/mol. The van der Waals surface area contributed by atoms with E-state index in [1.807, 2.05) is 4.90 Å². The predicted octanol–water partition coefficient (Wildman–Crippen LogP) is 2.33. The fourth-order valence-electron chi connectivity index (χ4n) is 7.85. The second-order valence-corrected chi connectivity index (χ2v) is 11.7. The van der Waals surface area contributed by atoms with Crippen LogP contribution in [-0.2, 0) is 18.9 Å². The fraction of sp³-hybridized carbons (Fsp3) is 0.913. The largest absolute Gasteiger partial charge is 0.480 e. The van der Waals surface area contributed by atoms with Crippen molar-refractivity contribution >= 4 is 43.8 Å². The lowest BCUT2D eigenvalue weighted by Crippen LogP contribution is -2.65. The summed E-state index contributed by atoms with van der Waals surface area (Å²) in [6, 6.07) is -0.703. The topological polar surface area (TPSA) is 114 Å². The van der Waals surface area contributed by atoms with Crippen molar-refractivity contribution in [3.8, 4) is 0 Å². The number of aliphatic carboxylic acids is 1. The zero-order chi connectivity index (χ0) is 23.1. The van der Waals surface area contributed by atoms with Crippen molar-refractivity contribution in [2.45, 2.75) is 95.4 Å². The van der Waals surface area contributed by atoms with Crippen LogP contribution in [0.5, 0.6) is 0 Å². The van der Waals surface area contributed by atoms with Crippen LogP contribution in [0.4, 0.5) is 0 Å². The summed E-state index contributed by atoms with van der Waals surface area (Å²) in [7, 11) is -0.225. The highest BCUT2D eigenvalue weighted by atomic mass is 35.5. The first-order valence-corrected chi connectivity index (χ1v) is 12.4. The first-order valence-electron chi connectivity index (χ1n) is 12.4. The molecule has 3 unspecified atom stereocenters. The number of hydrogen-bond acceptors (Lipinski definition) is 6. The van der Waals surface area contributed by atoms with E-state index in [4.69, 9.17) is 15.0 Å². The molecule has 0 aromatic rings. The maximum absolute atomic E-state index is 12.6. The third-order valence-electron chi connectivity index (χ3n) is 9.88. The molecular weight excluding hydrogens is 480 g/mol. The van der Waals surface area contributed by atoms with Gasteiger partial charge in [-0.15, -0.1) is 24.8 Å². The number of carboxylic acids is 1. The van der Waals surface area contributed by atoms with E-state index >= 15 is 0 Å². The van der Waals surface area contributed by atoms with Gasteiger partial charge in [-0.25, -0.2) is 0 Å². The number of nitrogens with one attached hydrogen (secondary N) is 1. The molecule has 0 spiro atoms. The van der Waals surface area contributed by atoms with E-state index in [2.05, 4.69) is 26.1 Å². The Kier molecular flexibility index (Phi) is 7.73. The molecule has 4 bridgehead atoms. The quantitative estimate of drug-likeness (QED) is 0.461. The van der Waals surface area contributed by atoms with Gasteiger partial charge in [-0.05, 0) is 63.1 Å². The average Bonchev–Trinajstić information content (AvgIpc) is 3.18. The van der Waals surface area contributed by atoms with Crippen LogP contribution in [0.15, 0.2) is 0 Å².